The predicted octanol–water partition coefficient (Wildman–Crippen LogP) is 4.76. The largest absolute Gasteiger partial charge is 0.497 e. The zero-order chi connectivity index (χ0) is 17.1. The van der Waals surface area contributed by atoms with Crippen LogP contribution in [0.1, 0.15) is 24.4 Å². The number of ether oxygens (including phenoxy) is 1. The molecule has 1 atom stereocenters. The van der Waals surface area contributed by atoms with Crippen LogP contribution < -0.4 is 15.4 Å². The zero-order valence-corrected chi connectivity index (χ0v) is 13.9. The first-order valence-corrected chi connectivity index (χ1v) is 8.11. The van der Waals surface area contributed by atoms with E-state index in [1.54, 1.807) is 7.11 Å². The van der Waals surface area contributed by atoms with Gasteiger partial charge in [-0.1, -0.05) is 23.7 Å². The molecule has 0 saturated heterocycles. The first-order valence-electron chi connectivity index (χ1n) is 7.73. The average molecular weight is 349 g/mol. The van der Waals surface area contributed by atoms with Gasteiger partial charge in [0.2, 0.25) is 0 Å². The minimum Gasteiger partial charge on any atom is -0.497 e. The molecular weight excluding hydrogens is 331 g/mol. The van der Waals surface area contributed by atoms with Crippen LogP contribution in [0.4, 0.5) is 14.9 Å². The summed E-state index contributed by atoms with van der Waals surface area (Å²) in [6.07, 6.45) is 2.16. The number of carbonyl (C=O) groups excluding carboxylic acids is 1. The van der Waals surface area contributed by atoms with Gasteiger partial charge in [0.25, 0.3) is 0 Å². The summed E-state index contributed by atoms with van der Waals surface area (Å²) in [4.78, 5) is 12.3. The van der Waals surface area contributed by atoms with Crippen molar-refractivity contribution >= 4 is 23.3 Å². The molecule has 4 nitrogen and oxygen atoms in total. The standard InChI is InChI=1S/C18H18ClFN2O2/c1-24-14-7-4-12(5-8-14)17(11-2-3-11)22-18(23)21-16-9-6-13(20)10-15(16)19/h4-11,17H,2-3H2,1H3,(H2,21,22,23). The summed E-state index contributed by atoms with van der Waals surface area (Å²) in [5.41, 5.74) is 1.40. The number of nitrogens with one attached hydrogen (secondary N) is 2. The molecule has 1 unspecified atom stereocenters. The third-order valence-electron chi connectivity index (χ3n) is 4.03. The van der Waals surface area contributed by atoms with Crippen molar-refractivity contribution in [2.75, 3.05) is 12.4 Å². The Labute approximate surface area is 145 Å². The maximum absolute atomic E-state index is 13.1. The van der Waals surface area contributed by atoms with Crippen LogP contribution in [0.25, 0.3) is 0 Å². The smallest absolute Gasteiger partial charge is 0.319 e. The fraction of sp³-hybridized carbons (Fsp3) is 0.278. The molecule has 2 N–H and O–H groups in total. The van der Waals surface area contributed by atoms with Gasteiger partial charge in [0.1, 0.15) is 11.6 Å². The van der Waals surface area contributed by atoms with Crippen molar-refractivity contribution in [1.82, 2.24) is 5.32 Å². The van der Waals surface area contributed by atoms with Gasteiger partial charge in [-0.3, -0.25) is 0 Å². The van der Waals surface area contributed by atoms with Gasteiger partial charge in [0.15, 0.2) is 0 Å². The molecular formula is C18H18ClFN2O2. The molecule has 3 rings (SSSR count). The summed E-state index contributed by atoms with van der Waals surface area (Å²) in [6.45, 7) is 0. The van der Waals surface area contributed by atoms with E-state index >= 15 is 0 Å². The fourth-order valence-corrected chi connectivity index (χ4v) is 2.82. The minimum absolute atomic E-state index is 0.0740. The molecule has 0 aliphatic heterocycles. The van der Waals surface area contributed by atoms with Crippen LogP contribution in [0, 0.1) is 11.7 Å². The second-order valence-corrected chi connectivity index (χ2v) is 6.22. The number of anilines is 1. The van der Waals surface area contributed by atoms with Gasteiger partial charge >= 0.3 is 6.03 Å². The zero-order valence-electron chi connectivity index (χ0n) is 13.2. The van der Waals surface area contributed by atoms with Crippen molar-refractivity contribution in [2.24, 2.45) is 5.92 Å². The third kappa shape index (κ3) is 3.97. The van der Waals surface area contributed by atoms with Crippen molar-refractivity contribution < 1.29 is 13.9 Å². The van der Waals surface area contributed by atoms with Gasteiger partial charge in [-0.2, -0.15) is 0 Å². The Morgan fingerprint density at radius 1 is 1.25 bits per heavy atom. The second-order valence-electron chi connectivity index (χ2n) is 5.81. The van der Waals surface area contributed by atoms with E-state index in [1.807, 2.05) is 24.3 Å². The average Bonchev–Trinajstić information content (AvgIpc) is 3.40. The molecule has 0 heterocycles. The monoisotopic (exact) mass is 348 g/mol. The van der Waals surface area contributed by atoms with Crippen LogP contribution in [0.3, 0.4) is 0 Å². The number of urea groups is 1. The highest BCUT2D eigenvalue weighted by molar-refractivity contribution is 6.33. The highest BCUT2D eigenvalue weighted by Gasteiger charge is 2.33. The fourth-order valence-electron chi connectivity index (χ4n) is 2.60. The molecule has 1 fully saturated rings. The van der Waals surface area contributed by atoms with Crippen LogP contribution >= 0.6 is 11.6 Å². The summed E-state index contributed by atoms with van der Waals surface area (Å²) in [7, 11) is 1.62. The quantitative estimate of drug-likeness (QED) is 0.818. The molecule has 2 aromatic carbocycles. The Balaban J connectivity index is 1.69. The van der Waals surface area contributed by atoms with Crippen LogP contribution in [0.5, 0.6) is 5.75 Å². The second kappa shape index (κ2) is 7.09. The van der Waals surface area contributed by atoms with E-state index in [2.05, 4.69) is 10.6 Å². The number of hydrogen-bond donors (Lipinski definition) is 2. The van der Waals surface area contributed by atoms with Gasteiger partial charge in [0, 0.05) is 0 Å². The molecule has 6 heteroatoms. The lowest BCUT2D eigenvalue weighted by Gasteiger charge is -2.20. The van der Waals surface area contributed by atoms with E-state index in [1.165, 1.54) is 18.2 Å². The lowest BCUT2D eigenvalue weighted by molar-refractivity contribution is 0.247. The molecule has 2 amide bonds. The van der Waals surface area contributed by atoms with Crippen molar-refractivity contribution in [3.05, 3.63) is 58.9 Å². The molecule has 1 aliphatic rings. The van der Waals surface area contributed by atoms with Gasteiger partial charge in [-0.05, 0) is 54.7 Å². The third-order valence-corrected chi connectivity index (χ3v) is 4.35. The first kappa shape index (κ1) is 16.6. The maximum Gasteiger partial charge on any atom is 0.319 e. The van der Waals surface area contributed by atoms with E-state index in [4.69, 9.17) is 16.3 Å². The van der Waals surface area contributed by atoms with Crippen molar-refractivity contribution in [1.29, 1.82) is 0 Å². The van der Waals surface area contributed by atoms with Crippen molar-refractivity contribution in [2.45, 2.75) is 18.9 Å². The summed E-state index contributed by atoms with van der Waals surface area (Å²) < 4.78 is 18.2. The highest BCUT2D eigenvalue weighted by atomic mass is 35.5. The molecule has 1 saturated carbocycles. The number of carbonyl (C=O) groups is 1. The van der Waals surface area contributed by atoms with Crippen molar-refractivity contribution in [3.8, 4) is 5.75 Å². The van der Waals surface area contributed by atoms with E-state index in [9.17, 15) is 9.18 Å². The number of benzene rings is 2. The Kier molecular flexibility index (Phi) is 4.90. The summed E-state index contributed by atoms with van der Waals surface area (Å²) in [6, 6.07) is 11.1. The molecule has 24 heavy (non-hydrogen) atoms. The molecule has 126 valence electrons. The number of halogens is 2. The Morgan fingerprint density at radius 2 is 1.96 bits per heavy atom. The van der Waals surface area contributed by atoms with Crippen LogP contribution in [0.2, 0.25) is 5.02 Å². The Hall–Kier alpha value is -2.27. The topological polar surface area (TPSA) is 50.4 Å². The molecule has 0 spiro atoms. The number of hydrogen-bond acceptors (Lipinski definition) is 2. The molecule has 0 radical (unpaired) electrons. The Bertz CT molecular complexity index is 732. The maximum atomic E-state index is 13.1. The van der Waals surface area contributed by atoms with Crippen LogP contribution in [-0.4, -0.2) is 13.1 Å². The van der Waals surface area contributed by atoms with E-state index < -0.39 is 5.82 Å². The number of rotatable bonds is 5. The summed E-state index contributed by atoms with van der Waals surface area (Å²) in [5.74, 6) is 0.753. The molecule has 0 aromatic heterocycles. The van der Waals surface area contributed by atoms with Crippen LogP contribution in [0.15, 0.2) is 42.5 Å². The van der Waals surface area contributed by atoms with E-state index in [0.29, 0.717) is 11.6 Å². The first-order chi connectivity index (χ1) is 11.6. The van der Waals surface area contributed by atoms with E-state index in [-0.39, 0.29) is 17.1 Å². The molecule has 0 bridgehead atoms. The van der Waals surface area contributed by atoms with Gasteiger partial charge in [0.05, 0.1) is 23.9 Å². The van der Waals surface area contributed by atoms with Crippen molar-refractivity contribution in [3.63, 3.8) is 0 Å². The van der Waals surface area contributed by atoms with Gasteiger partial charge in [-0.15, -0.1) is 0 Å². The number of methoxy groups -OCH3 is 1. The van der Waals surface area contributed by atoms with Crippen LogP contribution in [-0.2, 0) is 0 Å². The van der Waals surface area contributed by atoms with Gasteiger partial charge in [-0.25, -0.2) is 9.18 Å². The summed E-state index contributed by atoms with van der Waals surface area (Å²) in [5, 5.41) is 5.81. The lowest BCUT2D eigenvalue weighted by atomic mass is 10.0. The van der Waals surface area contributed by atoms with E-state index in [0.717, 1.165) is 24.2 Å². The highest BCUT2D eigenvalue weighted by Crippen LogP contribution is 2.41. The molecule has 1 aliphatic carbocycles. The Morgan fingerprint density at radius 3 is 2.54 bits per heavy atom. The lowest BCUT2D eigenvalue weighted by Crippen LogP contribution is -2.33. The normalized spacial score (nSPS) is 14.8. The predicted molar refractivity (Wildman–Crippen MR) is 92.0 cm³/mol. The molecule has 2 aromatic rings. The summed E-state index contributed by atoms with van der Waals surface area (Å²) >= 11 is 5.94. The minimum atomic E-state index is -0.444. The van der Waals surface area contributed by atoms with Gasteiger partial charge < -0.3 is 15.4 Å². The number of amides is 2. The SMILES string of the molecule is COc1ccc(C(NC(=O)Nc2ccc(F)cc2Cl)C2CC2)cc1.